The number of rotatable bonds is 44. The molecule has 0 radical (unpaired) electrons. The summed E-state index contributed by atoms with van der Waals surface area (Å²) < 4.78 is 16.6. The van der Waals surface area contributed by atoms with Gasteiger partial charge in [-0.05, 0) is 77.0 Å². The first-order valence-electron chi connectivity index (χ1n) is 25.1. The molecular weight excluding hydrogens is 757 g/mol. The lowest BCUT2D eigenvalue weighted by Gasteiger charge is -2.18. The van der Waals surface area contributed by atoms with Crippen LogP contribution >= 0.6 is 0 Å². The number of esters is 3. The summed E-state index contributed by atoms with van der Waals surface area (Å²) in [6.45, 7) is 6.39. The second kappa shape index (κ2) is 49.2. The van der Waals surface area contributed by atoms with E-state index >= 15 is 0 Å². The average molecular weight is 849 g/mol. The van der Waals surface area contributed by atoms with Crippen LogP contribution in [0.25, 0.3) is 0 Å². The van der Waals surface area contributed by atoms with Gasteiger partial charge in [0.15, 0.2) is 6.10 Å². The van der Waals surface area contributed by atoms with Gasteiger partial charge in [0.25, 0.3) is 0 Å². The summed E-state index contributed by atoms with van der Waals surface area (Å²) in [4.78, 5) is 37.5. The number of unbranched alkanes of at least 4 members (excludes halogenated alkanes) is 19. The van der Waals surface area contributed by atoms with Crippen LogP contribution in [-0.2, 0) is 28.6 Å². The highest BCUT2D eigenvalue weighted by Crippen LogP contribution is 2.14. The number of allylic oxidation sites excluding steroid dienone is 14. The fourth-order valence-electron chi connectivity index (χ4n) is 6.66. The minimum atomic E-state index is -0.773. The number of hydrogen-bond acceptors (Lipinski definition) is 6. The highest BCUT2D eigenvalue weighted by molar-refractivity contribution is 5.71. The minimum absolute atomic E-state index is 0.0795. The monoisotopic (exact) mass is 849 g/mol. The molecule has 0 amide bonds. The van der Waals surface area contributed by atoms with E-state index in [-0.39, 0.29) is 31.1 Å². The van der Waals surface area contributed by atoms with E-state index in [4.69, 9.17) is 14.2 Å². The second-order valence-electron chi connectivity index (χ2n) is 16.4. The lowest BCUT2D eigenvalue weighted by atomic mass is 10.1. The normalized spacial score (nSPS) is 12.8. The predicted molar refractivity (Wildman–Crippen MR) is 261 cm³/mol. The zero-order valence-corrected chi connectivity index (χ0v) is 39.7. The Hall–Kier alpha value is -3.41. The number of carbonyl (C=O) groups is 3. The molecule has 0 aliphatic carbocycles. The van der Waals surface area contributed by atoms with Crippen LogP contribution in [0.2, 0.25) is 0 Å². The van der Waals surface area contributed by atoms with Crippen molar-refractivity contribution in [3.63, 3.8) is 0 Å². The molecule has 6 heteroatoms. The largest absolute Gasteiger partial charge is 0.462 e. The average Bonchev–Trinajstić information content (AvgIpc) is 3.26. The Morgan fingerprint density at radius 3 is 1.00 bits per heavy atom. The number of ether oxygens (including phenoxy) is 3. The Balaban J connectivity index is 4.06. The molecule has 1 atom stereocenters. The van der Waals surface area contributed by atoms with Crippen molar-refractivity contribution in [1.82, 2.24) is 0 Å². The summed E-state index contributed by atoms with van der Waals surface area (Å²) in [5, 5.41) is 0. The second-order valence-corrected chi connectivity index (χ2v) is 16.4. The Labute approximate surface area is 375 Å². The summed E-state index contributed by atoms with van der Waals surface area (Å²) in [7, 11) is 0. The number of carbonyl (C=O) groups excluding carboxylic acids is 3. The summed E-state index contributed by atoms with van der Waals surface area (Å²) in [6.07, 6.45) is 63.3. The van der Waals surface area contributed by atoms with E-state index in [1.54, 1.807) is 0 Å². The fourth-order valence-corrected chi connectivity index (χ4v) is 6.66. The van der Waals surface area contributed by atoms with Gasteiger partial charge in [-0.1, -0.05) is 215 Å². The quantitative estimate of drug-likeness (QED) is 0.0263. The Bertz CT molecular complexity index is 1200. The molecular formula is C55H92O6. The molecule has 0 heterocycles. The lowest BCUT2D eigenvalue weighted by Crippen LogP contribution is -2.30. The van der Waals surface area contributed by atoms with Crippen molar-refractivity contribution in [2.75, 3.05) is 13.2 Å². The molecule has 0 aliphatic heterocycles. The summed E-state index contributed by atoms with van der Waals surface area (Å²) in [5.74, 6) is -0.911. The Morgan fingerprint density at radius 1 is 0.344 bits per heavy atom. The Morgan fingerprint density at radius 2 is 0.639 bits per heavy atom. The summed E-state index contributed by atoms with van der Waals surface area (Å²) in [5.41, 5.74) is 0. The van der Waals surface area contributed by atoms with Crippen LogP contribution in [0.3, 0.4) is 0 Å². The van der Waals surface area contributed by atoms with E-state index in [0.29, 0.717) is 19.3 Å². The predicted octanol–water partition coefficient (Wildman–Crippen LogP) is 16.4. The van der Waals surface area contributed by atoms with Gasteiger partial charge in [0.2, 0.25) is 0 Å². The molecule has 348 valence electrons. The first-order valence-corrected chi connectivity index (χ1v) is 25.1. The van der Waals surface area contributed by atoms with Crippen LogP contribution in [0.15, 0.2) is 85.1 Å². The van der Waals surface area contributed by atoms with Gasteiger partial charge in [0, 0.05) is 19.3 Å². The van der Waals surface area contributed by atoms with Crippen molar-refractivity contribution in [2.24, 2.45) is 0 Å². The van der Waals surface area contributed by atoms with Crippen molar-refractivity contribution in [3.05, 3.63) is 85.1 Å². The Kier molecular flexibility index (Phi) is 46.5. The highest BCUT2D eigenvalue weighted by atomic mass is 16.6. The topological polar surface area (TPSA) is 78.9 Å². The molecule has 0 rings (SSSR count). The zero-order chi connectivity index (χ0) is 44.4. The SMILES string of the molecule is CC/C=C\C/C=C\C/C=C\C/C=C\C/C=C\C/C=C\C/C=C\CCCCCCCCCC(=O)OCC(COC(=O)CCCCCCC)OC(=O)CCCCCCCCCCC. The van der Waals surface area contributed by atoms with E-state index in [1.165, 1.54) is 70.6 Å². The van der Waals surface area contributed by atoms with E-state index < -0.39 is 6.10 Å². The smallest absolute Gasteiger partial charge is 0.306 e. The van der Waals surface area contributed by atoms with Crippen molar-refractivity contribution >= 4 is 17.9 Å². The standard InChI is InChI=1S/C55H92O6/c1-4-7-10-13-15-17-18-19-20-21-22-23-24-25-26-27-28-29-30-31-32-33-34-35-36-38-39-42-45-48-54(57)60-51-52(50-59-53(56)47-44-41-12-9-6-3)61-55(58)49-46-43-40-37-16-14-11-8-5-2/h7,10,15,17,19-20,22-23,25-26,28-29,31-32,52H,4-6,8-9,11-14,16,18,21,24,27,30,33-51H2,1-3H3/b10-7-,17-15-,20-19-,23-22-,26-25-,29-28-,32-31-. The first-order chi connectivity index (χ1) is 30.0. The molecule has 0 spiro atoms. The fraction of sp³-hybridized carbons (Fsp3) is 0.691. The van der Waals surface area contributed by atoms with Crippen LogP contribution in [0, 0.1) is 0 Å². The minimum Gasteiger partial charge on any atom is -0.462 e. The molecule has 0 aromatic carbocycles. The third-order valence-electron chi connectivity index (χ3n) is 10.4. The maximum atomic E-state index is 12.6. The van der Waals surface area contributed by atoms with Crippen molar-refractivity contribution in [3.8, 4) is 0 Å². The summed E-state index contributed by atoms with van der Waals surface area (Å²) >= 11 is 0. The first kappa shape index (κ1) is 57.6. The van der Waals surface area contributed by atoms with Gasteiger partial charge < -0.3 is 14.2 Å². The third-order valence-corrected chi connectivity index (χ3v) is 10.4. The maximum Gasteiger partial charge on any atom is 0.306 e. The lowest BCUT2D eigenvalue weighted by molar-refractivity contribution is -0.167. The van der Waals surface area contributed by atoms with E-state index in [9.17, 15) is 14.4 Å². The molecule has 0 aliphatic rings. The molecule has 1 unspecified atom stereocenters. The zero-order valence-electron chi connectivity index (χ0n) is 39.7. The van der Waals surface area contributed by atoms with Crippen LogP contribution in [0.4, 0.5) is 0 Å². The number of hydrogen-bond donors (Lipinski definition) is 0. The highest BCUT2D eigenvalue weighted by Gasteiger charge is 2.19. The third kappa shape index (κ3) is 47.5. The van der Waals surface area contributed by atoms with E-state index in [1.807, 2.05) is 0 Å². The molecule has 0 aromatic rings. The molecule has 0 fully saturated rings. The van der Waals surface area contributed by atoms with E-state index in [0.717, 1.165) is 116 Å². The van der Waals surface area contributed by atoms with Crippen LogP contribution in [0.5, 0.6) is 0 Å². The van der Waals surface area contributed by atoms with Crippen LogP contribution in [-0.4, -0.2) is 37.2 Å². The van der Waals surface area contributed by atoms with Crippen molar-refractivity contribution in [2.45, 2.75) is 232 Å². The van der Waals surface area contributed by atoms with Gasteiger partial charge in [-0.3, -0.25) is 14.4 Å². The van der Waals surface area contributed by atoms with Gasteiger partial charge in [-0.2, -0.15) is 0 Å². The molecule has 0 saturated carbocycles. The maximum absolute atomic E-state index is 12.6. The molecule has 0 aromatic heterocycles. The molecule has 6 nitrogen and oxygen atoms in total. The van der Waals surface area contributed by atoms with Gasteiger partial charge in [0.05, 0.1) is 0 Å². The van der Waals surface area contributed by atoms with Gasteiger partial charge >= 0.3 is 17.9 Å². The van der Waals surface area contributed by atoms with Gasteiger partial charge in [-0.15, -0.1) is 0 Å². The molecule has 61 heavy (non-hydrogen) atoms. The van der Waals surface area contributed by atoms with Crippen molar-refractivity contribution < 1.29 is 28.6 Å². The van der Waals surface area contributed by atoms with Gasteiger partial charge in [0.1, 0.15) is 13.2 Å². The molecule has 0 N–H and O–H groups in total. The summed E-state index contributed by atoms with van der Waals surface area (Å²) in [6, 6.07) is 0. The molecule has 0 saturated heterocycles. The van der Waals surface area contributed by atoms with Crippen molar-refractivity contribution in [1.29, 1.82) is 0 Å². The van der Waals surface area contributed by atoms with E-state index in [2.05, 4.69) is 106 Å². The van der Waals surface area contributed by atoms with Crippen LogP contribution < -0.4 is 0 Å². The molecule has 0 bridgehead atoms. The van der Waals surface area contributed by atoms with Crippen LogP contribution in [0.1, 0.15) is 226 Å². The van der Waals surface area contributed by atoms with Gasteiger partial charge in [-0.25, -0.2) is 0 Å².